The van der Waals surface area contributed by atoms with Gasteiger partial charge in [-0.05, 0) is 63.0 Å². The fraction of sp³-hybridized carbons (Fsp3) is 0.565. The highest BCUT2D eigenvalue weighted by Crippen LogP contribution is 2.38. The minimum absolute atomic E-state index is 0.00799. The number of benzene rings is 1. The number of hydrogen-bond acceptors (Lipinski definition) is 4. The quantitative estimate of drug-likeness (QED) is 0.755. The molecular formula is C23H29F3N4O2. The van der Waals surface area contributed by atoms with Gasteiger partial charge in [0.05, 0.1) is 0 Å². The van der Waals surface area contributed by atoms with Crippen LogP contribution < -0.4 is 10.1 Å². The summed E-state index contributed by atoms with van der Waals surface area (Å²) in [5, 5.41) is 3.81. The van der Waals surface area contributed by atoms with E-state index >= 15 is 0 Å². The maximum absolute atomic E-state index is 13.0. The van der Waals surface area contributed by atoms with Crippen molar-refractivity contribution in [2.45, 2.75) is 44.5 Å². The number of nitrogens with one attached hydrogen (secondary N) is 1. The van der Waals surface area contributed by atoms with Crippen LogP contribution in [0.15, 0.2) is 30.5 Å². The fourth-order valence-corrected chi connectivity index (χ4v) is 4.89. The Morgan fingerprint density at radius 1 is 1.19 bits per heavy atom. The Labute approximate surface area is 185 Å². The first-order valence-corrected chi connectivity index (χ1v) is 11.1. The largest absolute Gasteiger partial charge is 0.573 e. The molecule has 2 saturated heterocycles. The number of alkyl halides is 3. The predicted octanol–water partition coefficient (Wildman–Crippen LogP) is 4.36. The van der Waals surface area contributed by atoms with Crippen molar-refractivity contribution in [3.8, 4) is 5.75 Å². The zero-order valence-electron chi connectivity index (χ0n) is 18.4. The minimum atomic E-state index is -4.78. The van der Waals surface area contributed by atoms with E-state index in [9.17, 15) is 18.0 Å². The first-order valence-electron chi connectivity index (χ1n) is 11.1. The van der Waals surface area contributed by atoms with Gasteiger partial charge in [0.15, 0.2) is 5.75 Å². The maximum atomic E-state index is 13.0. The maximum Gasteiger partial charge on any atom is 0.573 e. The van der Waals surface area contributed by atoms with Gasteiger partial charge >= 0.3 is 12.4 Å². The summed E-state index contributed by atoms with van der Waals surface area (Å²) < 4.78 is 42.7. The second-order valence-corrected chi connectivity index (χ2v) is 9.07. The number of amides is 2. The Morgan fingerprint density at radius 3 is 2.66 bits per heavy atom. The summed E-state index contributed by atoms with van der Waals surface area (Å²) in [6, 6.07) is 6.61. The van der Waals surface area contributed by atoms with Crippen LogP contribution in [-0.4, -0.2) is 66.4 Å². The third-order valence-electron chi connectivity index (χ3n) is 6.42. The van der Waals surface area contributed by atoms with Crippen molar-refractivity contribution in [3.05, 3.63) is 36.0 Å². The normalized spacial score (nSPS) is 23.3. The Balaban J connectivity index is 1.54. The number of urea groups is 1. The molecule has 4 rings (SSSR count). The van der Waals surface area contributed by atoms with Crippen LogP contribution in [0.5, 0.6) is 5.75 Å². The number of aromatic nitrogens is 1. The number of fused-ring (bicyclic) bond motifs is 1. The lowest BCUT2D eigenvalue weighted by Crippen LogP contribution is -2.52. The van der Waals surface area contributed by atoms with Gasteiger partial charge in [-0.1, -0.05) is 19.1 Å². The highest BCUT2D eigenvalue weighted by atomic mass is 19.4. The summed E-state index contributed by atoms with van der Waals surface area (Å²) in [6.07, 6.45) is -0.603. The average Bonchev–Trinajstić information content (AvgIpc) is 2.74. The molecule has 0 spiro atoms. The average molecular weight is 451 g/mol. The molecule has 0 aliphatic carbocycles. The first-order chi connectivity index (χ1) is 15.2. The van der Waals surface area contributed by atoms with Gasteiger partial charge in [-0.15, -0.1) is 13.2 Å². The first kappa shape index (κ1) is 22.6. The SMILES string of the molecule is C[C@@H]1C[C@@H](c2ccc(OC(F)(F)F)c3ncccc23)CN(C(=O)NC2CCN(C)CC2)C1. The van der Waals surface area contributed by atoms with E-state index in [2.05, 4.69) is 33.9 Å². The summed E-state index contributed by atoms with van der Waals surface area (Å²) in [6.45, 7) is 5.22. The molecule has 1 aromatic carbocycles. The molecule has 2 amide bonds. The van der Waals surface area contributed by atoms with Gasteiger partial charge in [0.25, 0.3) is 0 Å². The van der Waals surface area contributed by atoms with Crippen LogP contribution in [0, 0.1) is 5.92 Å². The molecule has 9 heteroatoms. The molecule has 2 aliphatic heterocycles. The molecule has 0 saturated carbocycles. The second kappa shape index (κ2) is 9.13. The molecule has 2 aromatic rings. The van der Waals surface area contributed by atoms with Crippen molar-refractivity contribution in [2.75, 3.05) is 33.2 Å². The van der Waals surface area contributed by atoms with Gasteiger partial charge in [-0.25, -0.2) is 4.79 Å². The highest BCUT2D eigenvalue weighted by molar-refractivity contribution is 5.88. The van der Waals surface area contributed by atoms with Gasteiger partial charge in [-0.3, -0.25) is 4.98 Å². The third-order valence-corrected chi connectivity index (χ3v) is 6.42. The van der Waals surface area contributed by atoms with Crippen molar-refractivity contribution in [2.24, 2.45) is 5.92 Å². The number of carbonyl (C=O) groups excluding carboxylic acids is 1. The lowest BCUT2D eigenvalue weighted by atomic mass is 9.84. The summed E-state index contributed by atoms with van der Waals surface area (Å²) in [5.74, 6) is -0.0268. The Kier molecular flexibility index (Phi) is 6.46. The third kappa shape index (κ3) is 5.26. The second-order valence-electron chi connectivity index (χ2n) is 9.07. The van der Waals surface area contributed by atoms with Crippen LogP contribution in [0.3, 0.4) is 0 Å². The van der Waals surface area contributed by atoms with E-state index in [0.29, 0.717) is 18.5 Å². The lowest BCUT2D eigenvalue weighted by molar-refractivity contribution is -0.274. The zero-order valence-corrected chi connectivity index (χ0v) is 18.4. The highest BCUT2D eigenvalue weighted by Gasteiger charge is 2.34. The molecular weight excluding hydrogens is 421 g/mol. The van der Waals surface area contributed by atoms with E-state index < -0.39 is 6.36 Å². The lowest BCUT2D eigenvalue weighted by Gasteiger charge is -2.38. The van der Waals surface area contributed by atoms with Gasteiger partial charge < -0.3 is 19.9 Å². The smallest absolute Gasteiger partial charge is 0.403 e. The fourth-order valence-electron chi connectivity index (χ4n) is 4.89. The molecule has 3 heterocycles. The summed E-state index contributed by atoms with van der Waals surface area (Å²) in [7, 11) is 2.08. The van der Waals surface area contributed by atoms with E-state index in [1.807, 2.05) is 4.90 Å². The molecule has 32 heavy (non-hydrogen) atoms. The van der Waals surface area contributed by atoms with E-state index in [0.717, 1.165) is 37.9 Å². The summed E-state index contributed by atoms with van der Waals surface area (Å²) in [5.41, 5.74) is 1.08. The van der Waals surface area contributed by atoms with E-state index in [1.165, 1.54) is 12.3 Å². The molecule has 1 aromatic heterocycles. The number of halogens is 3. The van der Waals surface area contributed by atoms with E-state index in [4.69, 9.17) is 0 Å². The van der Waals surface area contributed by atoms with Crippen molar-refractivity contribution >= 4 is 16.9 Å². The summed E-state index contributed by atoms with van der Waals surface area (Å²) >= 11 is 0. The van der Waals surface area contributed by atoms with Crippen LogP contribution in [0.1, 0.15) is 37.7 Å². The minimum Gasteiger partial charge on any atom is -0.403 e. The molecule has 0 unspecified atom stereocenters. The molecule has 0 bridgehead atoms. The number of piperidine rings is 2. The van der Waals surface area contributed by atoms with Crippen LogP contribution in [0.2, 0.25) is 0 Å². The van der Waals surface area contributed by atoms with Crippen molar-refractivity contribution in [1.82, 2.24) is 20.1 Å². The van der Waals surface area contributed by atoms with Gasteiger partial charge in [0, 0.05) is 36.6 Å². The van der Waals surface area contributed by atoms with Crippen LogP contribution >= 0.6 is 0 Å². The number of ether oxygens (including phenoxy) is 1. The van der Waals surface area contributed by atoms with Gasteiger partial charge in [0.2, 0.25) is 0 Å². The number of rotatable bonds is 3. The van der Waals surface area contributed by atoms with E-state index in [1.54, 1.807) is 18.2 Å². The summed E-state index contributed by atoms with van der Waals surface area (Å²) in [4.78, 5) is 21.2. The number of pyridine rings is 1. The number of hydrogen-bond donors (Lipinski definition) is 1. The van der Waals surface area contributed by atoms with Crippen LogP contribution in [0.25, 0.3) is 10.9 Å². The molecule has 0 radical (unpaired) electrons. The Bertz CT molecular complexity index is 960. The van der Waals surface area contributed by atoms with Crippen molar-refractivity contribution < 1.29 is 22.7 Å². The monoisotopic (exact) mass is 450 g/mol. The van der Waals surface area contributed by atoms with Crippen molar-refractivity contribution in [1.29, 1.82) is 0 Å². The van der Waals surface area contributed by atoms with Crippen molar-refractivity contribution in [3.63, 3.8) is 0 Å². The zero-order chi connectivity index (χ0) is 22.9. The molecule has 2 aliphatic rings. The number of carbonyl (C=O) groups is 1. The molecule has 2 atom stereocenters. The molecule has 2 fully saturated rings. The number of likely N-dealkylation sites (tertiary alicyclic amines) is 2. The Morgan fingerprint density at radius 2 is 1.94 bits per heavy atom. The van der Waals surface area contributed by atoms with Gasteiger partial charge in [-0.2, -0.15) is 0 Å². The Hall–Kier alpha value is -2.55. The molecule has 1 N–H and O–H groups in total. The van der Waals surface area contributed by atoms with Crippen LogP contribution in [0.4, 0.5) is 18.0 Å². The molecule has 174 valence electrons. The standard InChI is InChI=1S/C23H29F3N4O2/c1-15-12-16(14-30(13-15)22(31)28-17-7-10-29(2)11-8-17)18-5-6-20(32-23(24,25)26)21-19(18)4-3-9-27-21/h3-6,9,15-17H,7-8,10-14H2,1-2H3,(H,28,31)/t15-,16-/m1/s1. The topological polar surface area (TPSA) is 57.7 Å². The predicted molar refractivity (Wildman–Crippen MR) is 116 cm³/mol. The molecule has 6 nitrogen and oxygen atoms in total. The van der Waals surface area contributed by atoms with Crippen LogP contribution in [-0.2, 0) is 0 Å². The number of nitrogens with zero attached hydrogens (tertiary/aromatic N) is 3. The van der Waals surface area contributed by atoms with Gasteiger partial charge in [0.1, 0.15) is 5.52 Å². The van der Waals surface area contributed by atoms with E-state index in [-0.39, 0.29) is 35.2 Å².